The quantitative estimate of drug-likeness (QED) is 0.791. The summed E-state index contributed by atoms with van der Waals surface area (Å²) in [7, 11) is 0. The summed E-state index contributed by atoms with van der Waals surface area (Å²) >= 11 is 5.99. The number of carbonyl (C=O) groups is 3. The molecule has 0 bridgehead atoms. The molecule has 1 N–H and O–H groups in total. The molecular weight excluding hydrogens is 330 g/mol. The Morgan fingerprint density at radius 2 is 1.88 bits per heavy atom. The number of carbonyl (C=O) groups excluding carboxylic acids is 3. The number of hydrogen-bond donors (Lipinski definition) is 1. The maximum absolute atomic E-state index is 12.3. The molecule has 0 radical (unpaired) electrons. The average molecular weight is 352 g/mol. The summed E-state index contributed by atoms with van der Waals surface area (Å²) in [4.78, 5) is 39.0. The Balaban J connectivity index is 1.97. The zero-order valence-electron chi connectivity index (χ0n) is 13.9. The fourth-order valence-electron chi connectivity index (χ4n) is 2.73. The first-order chi connectivity index (χ1) is 11.5. The predicted octanol–water partition coefficient (Wildman–Crippen LogP) is 1.60. The van der Waals surface area contributed by atoms with Crippen molar-refractivity contribution < 1.29 is 14.4 Å². The maximum Gasteiger partial charge on any atom is 0.312 e. The van der Waals surface area contributed by atoms with E-state index in [1.54, 1.807) is 6.07 Å². The molecule has 1 aliphatic heterocycles. The predicted molar refractivity (Wildman–Crippen MR) is 91.5 cm³/mol. The summed E-state index contributed by atoms with van der Waals surface area (Å²) < 4.78 is 0. The average Bonchev–Trinajstić information content (AvgIpc) is 2.57. The second kappa shape index (κ2) is 8.15. The molecule has 1 aromatic rings. The molecule has 1 aromatic carbocycles. The molecule has 1 fully saturated rings. The molecule has 130 valence electrons. The van der Waals surface area contributed by atoms with Gasteiger partial charge in [0.05, 0.1) is 6.04 Å². The molecule has 0 spiro atoms. The van der Waals surface area contributed by atoms with Gasteiger partial charge in [0.2, 0.25) is 5.91 Å². The molecule has 1 aliphatic rings. The van der Waals surface area contributed by atoms with Crippen LogP contribution < -0.4 is 5.32 Å². The molecule has 0 saturated carbocycles. The molecule has 3 amide bonds. The van der Waals surface area contributed by atoms with Crippen LogP contribution in [0.15, 0.2) is 24.3 Å². The summed E-state index contributed by atoms with van der Waals surface area (Å²) in [5, 5.41) is 3.51. The Morgan fingerprint density at radius 1 is 1.21 bits per heavy atom. The minimum Gasteiger partial charge on any atom is -0.348 e. The molecule has 1 atom stereocenters. The van der Waals surface area contributed by atoms with E-state index >= 15 is 0 Å². The minimum absolute atomic E-state index is 0.112. The lowest BCUT2D eigenvalue weighted by Gasteiger charge is -2.33. The van der Waals surface area contributed by atoms with Crippen molar-refractivity contribution in [1.82, 2.24) is 15.1 Å². The lowest BCUT2D eigenvalue weighted by molar-refractivity contribution is -0.156. The van der Waals surface area contributed by atoms with Gasteiger partial charge in [0.15, 0.2) is 0 Å². The molecule has 6 nitrogen and oxygen atoms in total. The van der Waals surface area contributed by atoms with Gasteiger partial charge >= 0.3 is 11.8 Å². The van der Waals surface area contributed by atoms with Crippen molar-refractivity contribution in [3.8, 4) is 0 Å². The van der Waals surface area contributed by atoms with Crippen LogP contribution in [-0.4, -0.2) is 53.7 Å². The number of amides is 3. The highest BCUT2D eigenvalue weighted by molar-refractivity contribution is 6.35. The molecule has 2 rings (SSSR count). The van der Waals surface area contributed by atoms with Crippen molar-refractivity contribution in [2.75, 3.05) is 26.2 Å². The monoisotopic (exact) mass is 351 g/mol. The number of nitrogens with one attached hydrogen (secondary N) is 1. The second-order valence-electron chi connectivity index (χ2n) is 5.69. The molecule has 24 heavy (non-hydrogen) atoms. The third-order valence-corrected chi connectivity index (χ3v) is 4.34. The molecule has 0 aromatic heterocycles. The Labute approximate surface area is 146 Å². The van der Waals surface area contributed by atoms with Crippen molar-refractivity contribution in [3.63, 3.8) is 0 Å². The number of rotatable bonds is 6. The van der Waals surface area contributed by atoms with Crippen LogP contribution in [0.2, 0.25) is 5.02 Å². The minimum atomic E-state index is -0.617. The molecule has 1 saturated heterocycles. The summed E-state index contributed by atoms with van der Waals surface area (Å²) in [5.41, 5.74) is 0.913. The van der Waals surface area contributed by atoms with E-state index in [4.69, 9.17) is 11.6 Å². The van der Waals surface area contributed by atoms with Gasteiger partial charge in [-0.25, -0.2) is 0 Å². The van der Waals surface area contributed by atoms with Crippen molar-refractivity contribution in [2.24, 2.45) is 0 Å². The number of likely N-dealkylation sites (N-methyl/N-ethyl adjacent to an activating group) is 1. The smallest absolute Gasteiger partial charge is 0.312 e. The van der Waals surface area contributed by atoms with E-state index < -0.39 is 11.8 Å². The van der Waals surface area contributed by atoms with Gasteiger partial charge < -0.3 is 15.1 Å². The lowest BCUT2D eigenvalue weighted by atomic mass is 10.0. The zero-order valence-corrected chi connectivity index (χ0v) is 14.7. The van der Waals surface area contributed by atoms with Crippen LogP contribution in [0.1, 0.15) is 31.9 Å². The Hall–Kier alpha value is -2.08. The number of nitrogens with zero attached hydrogens (tertiary/aromatic N) is 2. The van der Waals surface area contributed by atoms with E-state index in [1.807, 2.05) is 32.0 Å². The van der Waals surface area contributed by atoms with Gasteiger partial charge in [-0.3, -0.25) is 14.4 Å². The van der Waals surface area contributed by atoms with Crippen molar-refractivity contribution in [1.29, 1.82) is 0 Å². The van der Waals surface area contributed by atoms with E-state index in [9.17, 15) is 14.4 Å². The van der Waals surface area contributed by atoms with Gasteiger partial charge in [-0.05, 0) is 31.0 Å². The topological polar surface area (TPSA) is 69.7 Å². The van der Waals surface area contributed by atoms with Gasteiger partial charge in [-0.2, -0.15) is 0 Å². The van der Waals surface area contributed by atoms with E-state index in [0.29, 0.717) is 31.1 Å². The Kier molecular flexibility index (Phi) is 6.20. The Bertz CT molecular complexity index is 635. The van der Waals surface area contributed by atoms with E-state index in [1.165, 1.54) is 9.80 Å². The fourth-order valence-corrected chi connectivity index (χ4v) is 2.92. The van der Waals surface area contributed by atoms with Gasteiger partial charge in [-0.15, -0.1) is 0 Å². The second-order valence-corrected chi connectivity index (χ2v) is 6.13. The number of piperazine rings is 1. The van der Waals surface area contributed by atoms with Crippen molar-refractivity contribution in [3.05, 3.63) is 34.9 Å². The number of hydrogen-bond acceptors (Lipinski definition) is 3. The highest BCUT2D eigenvalue weighted by Gasteiger charge is 2.32. The van der Waals surface area contributed by atoms with Gasteiger partial charge in [-0.1, -0.05) is 30.7 Å². The van der Waals surface area contributed by atoms with Crippen LogP contribution in [0.25, 0.3) is 0 Å². The van der Waals surface area contributed by atoms with Gasteiger partial charge in [0, 0.05) is 24.7 Å². The third-order valence-electron chi connectivity index (χ3n) is 4.11. The molecule has 0 aliphatic carbocycles. The first kappa shape index (κ1) is 18.3. The molecule has 1 unspecified atom stereocenters. The van der Waals surface area contributed by atoms with Crippen molar-refractivity contribution >= 4 is 29.3 Å². The highest BCUT2D eigenvalue weighted by atomic mass is 35.5. The van der Waals surface area contributed by atoms with Crippen LogP contribution in [0.5, 0.6) is 0 Å². The SMILES string of the molecule is CCC(NC(=O)CN1CCN(CC)C(=O)C1=O)c1cccc(Cl)c1. The van der Waals surface area contributed by atoms with Crippen molar-refractivity contribution in [2.45, 2.75) is 26.3 Å². The Morgan fingerprint density at radius 3 is 2.50 bits per heavy atom. The van der Waals surface area contributed by atoms with E-state index in [0.717, 1.165) is 5.56 Å². The molecular formula is C17H22ClN3O3. The summed E-state index contributed by atoms with van der Waals surface area (Å²) in [6, 6.07) is 7.13. The lowest BCUT2D eigenvalue weighted by Crippen LogP contribution is -2.56. The van der Waals surface area contributed by atoms with Crippen LogP contribution >= 0.6 is 11.6 Å². The summed E-state index contributed by atoms with van der Waals surface area (Å²) in [6.45, 7) is 5.00. The first-order valence-electron chi connectivity index (χ1n) is 8.09. The van der Waals surface area contributed by atoms with Crippen LogP contribution in [-0.2, 0) is 14.4 Å². The normalized spacial score (nSPS) is 16.3. The van der Waals surface area contributed by atoms with Crippen LogP contribution in [0.3, 0.4) is 0 Å². The maximum atomic E-state index is 12.3. The standard InChI is InChI=1S/C17H22ClN3O3/c1-3-14(12-6-5-7-13(18)10-12)19-15(22)11-21-9-8-20(4-2)16(23)17(21)24/h5-7,10,14H,3-4,8-9,11H2,1-2H3,(H,19,22). The van der Waals surface area contributed by atoms with E-state index in [2.05, 4.69) is 5.32 Å². The largest absolute Gasteiger partial charge is 0.348 e. The third kappa shape index (κ3) is 4.26. The number of halogens is 1. The molecule has 7 heteroatoms. The molecule has 1 heterocycles. The number of benzene rings is 1. The summed E-state index contributed by atoms with van der Waals surface area (Å²) in [6.07, 6.45) is 0.697. The first-order valence-corrected chi connectivity index (χ1v) is 8.47. The summed E-state index contributed by atoms with van der Waals surface area (Å²) in [5.74, 6) is -1.44. The fraction of sp³-hybridized carbons (Fsp3) is 0.471. The van der Waals surface area contributed by atoms with Crippen LogP contribution in [0.4, 0.5) is 0 Å². The van der Waals surface area contributed by atoms with Gasteiger partial charge in [0.25, 0.3) is 0 Å². The van der Waals surface area contributed by atoms with Crippen LogP contribution in [0, 0.1) is 0 Å². The zero-order chi connectivity index (χ0) is 17.7. The highest BCUT2D eigenvalue weighted by Crippen LogP contribution is 2.20. The van der Waals surface area contributed by atoms with Gasteiger partial charge in [0.1, 0.15) is 6.54 Å². The van der Waals surface area contributed by atoms with E-state index in [-0.39, 0.29) is 18.5 Å².